The largest absolute Gasteiger partial charge is 0.478 e. The molecule has 0 saturated heterocycles. The van der Waals surface area contributed by atoms with Gasteiger partial charge in [-0.3, -0.25) is 10.1 Å². The Kier molecular flexibility index (Phi) is 4.05. The molecule has 1 N–H and O–H groups in total. The SMILES string of the molecule is Cc1cc([N+](=O)[O-])ccc1Sc1ccc(C(=O)O)cc1. The fraction of sp³-hybridized carbons (Fsp3) is 0.0714. The number of carboxylic acids is 1. The molecule has 2 rings (SSSR count). The predicted octanol–water partition coefficient (Wildman–Crippen LogP) is 3.75. The molecule has 0 aliphatic heterocycles. The van der Waals surface area contributed by atoms with Crippen LogP contribution in [0.15, 0.2) is 52.3 Å². The molecule has 0 atom stereocenters. The van der Waals surface area contributed by atoms with Crippen molar-refractivity contribution in [2.45, 2.75) is 16.7 Å². The number of rotatable bonds is 4. The summed E-state index contributed by atoms with van der Waals surface area (Å²) in [5, 5.41) is 19.5. The third-order valence-corrected chi connectivity index (χ3v) is 3.88. The zero-order valence-electron chi connectivity index (χ0n) is 10.6. The van der Waals surface area contributed by atoms with Crippen molar-refractivity contribution in [2.24, 2.45) is 0 Å². The van der Waals surface area contributed by atoms with Gasteiger partial charge in [-0.05, 0) is 42.8 Å². The lowest BCUT2D eigenvalue weighted by Crippen LogP contribution is -1.94. The molecule has 0 spiro atoms. The Bertz CT molecular complexity index is 667. The van der Waals surface area contributed by atoms with E-state index in [-0.39, 0.29) is 11.3 Å². The molecule has 0 amide bonds. The average molecular weight is 289 g/mol. The summed E-state index contributed by atoms with van der Waals surface area (Å²) in [6.45, 7) is 1.81. The van der Waals surface area contributed by atoms with Crippen molar-refractivity contribution in [1.82, 2.24) is 0 Å². The van der Waals surface area contributed by atoms with Crippen LogP contribution in [0.1, 0.15) is 15.9 Å². The van der Waals surface area contributed by atoms with E-state index in [1.807, 2.05) is 0 Å². The lowest BCUT2D eigenvalue weighted by Gasteiger charge is -2.05. The van der Waals surface area contributed by atoms with Crippen molar-refractivity contribution < 1.29 is 14.8 Å². The summed E-state index contributed by atoms with van der Waals surface area (Å²) in [6.07, 6.45) is 0. The molecule has 0 aliphatic carbocycles. The van der Waals surface area contributed by atoms with Gasteiger partial charge in [0, 0.05) is 21.9 Å². The second-order valence-corrected chi connectivity index (χ2v) is 5.25. The smallest absolute Gasteiger partial charge is 0.335 e. The highest BCUT2D eigenvalue weighted by Gasteiger charge is 2.09. The summed E-state index contributed by atoms with van der Waals surface area (Å²) < 4.78 is 0. The molecule has 5 nitrogen and oxygen atoms in total. The molecule has 0 fully saturated rings. The van der Waals surface area contributed by atoms with Crippen molar-refractivity contribution in [3.05, 3.63) is 63.7 Å². The van der Waals surface area contributed by atoms with Gasteiger partial charge in [-0.2, -0.15) is 0 Å². The fourth-order valence-electron chi connectivity index (χ4n) is 1.65. The fourth-order valence-corrected chi connectivity index (χ4v) is 2.54. The lowest BCUT2D eigenvalue weighted by molar-refractivity contribution is -0.385. The van der Waals surface area contributed by atoms with E-state index in [9.17, 15) is 14.9 Å². The highest BCUT2D eigenvalue weighted by atomic mass is 32.2. The van der Waals surface area contributed by atoms with Crippen LogP contribution in [0.4, 0.5) is 5.69 Å². The monoisotopic (exact) mass is 289 g/mol. The van der Waals surface area contributed by atoms with Gasteiger partial charge >= 0.3 is 5.97 Å². The van der Waals surface area contributed by atoms with E-state index < -0.39 is 10.9 Å². The Morgan fingerprint density at radius 2 is 1.85 bits per heavy atom. The minimum atomic E-state index is -0.965. The van der Waals surface area contributed by atoms with Gasteiger partial charge < -0.3 is 5.11 Å². The third kappa shape index (κ3) is 3.16. The number of carboxylic acid groups (broad SMARTS) is 1. The van der Waals surface area contributed by atoms with E-state index in [2.05, 4.69) is 0 Å². The van der Waals surface area contributed by atoms with Crippen LogP contribution in [0.3, 0.4) is 0 Å². The van der Waals surface area contributed by atoms with Crippen LogP contribution < -0.4 is 0 Å². The first-order valence-corrected chi connectivity index (χ1v) is 6.55. The Morgan fingerprint density at radius 1 is 1.20 bits per heavy atom. The van der Waals surface area contributed by atoms with Crippen LogP contribution in [-0.2, 0) is 0 Å². The molecule has 2 aromatic carbocycles. The van der Waals surface area contributed by atoms with Crippen LogP contribution in [-0.4, -0.2) is 16.0 Å². The number of hydrogen-bond acceptors (Lipinski definition) is 4. The lowest BCUT2D eigenvalue weighted by atomic mass is 10.2. The number of aryl methyl sites for hydroxylation is 1. The second-order valence-electron chi connectivity index (χ2n) is 4.14. The van der Waals surface area contributed by atoms with Gasteiger partial charge in [-0.15, -0.1) is 0 Å². The summed E-state index contributed by atoms with van der Waals surface area (Å²) in [6, 6.07) is 11.2. The molecule has 2 aromatic rings. The van der Waals surface area contributed by atoms with Gasteiger partial charge in [-0.1, -0.05) is 11.8 Å². The highest BCUT2D eigenvalue weighted by Crippen LogP contribution is 2.32. The van der Waals surface area contributed by atoms with Crippen molar-refractivity contribution in [1.29, 1.82) is 0 Å². The second kappa shape index (κ2) is 5.75. The van der Waals surface area contributed by atoms with E-state index in [1.165, 1.54) is 36.0 Å². The number of nitro groups is 1. The van der Waals surface area contributed by atoms with Crippen molar-refractivity contribution in [3.8, 4) is 0 Å². The Balaban J connectivity index is 2.21. The molecule has 20 heavy (non-hydrogen) atoms. The van der Waals surface area contributed by atoms with Gasteiger partial charge in [0.2, 0.25) is 0 Å². The summed E-state index contributed by atoms with van der Waals surface area (Å²) in [4.78, 5) is 22.8. The Labute approximate surface area is 119 Å². The highest BCUT2D eigenvalue weighted by molar-refractivity contribution is 7.99. The first kappa shape index (κ1) is 14.1. The van der Waals surface area contributed by atoms with E-state index in [0.29, 0.717) is 0 Å². The van der Waals surface area contributed by atoms with Crippen molar-refractivity contribution in [2.75, 3.05) is 0 Å². The van der Waals surface area contributed by atoms with E-state index >= 15 is 0 Å². The number of hydrogen-bond donors (Lipinski definition) is 1. The van der Waals surface area contributed by atoms with Gasteiger partial charge in [-0.25, -0.2) is 4.79 Å². The third-order valence-electron chi connectivity index (χ3n) is 2.70. The minimum absolute atomic E-state index is 0.0630. The molecule has 0 saturated carbocycles. The molecule has 0 aliphatic rings. The van der Waals surface area contributed by atoms with E-state index in [4.69, 9.17) is 5.11 Å². The molecule has 0 aromatic heterocycles. The Morgan fingerprint density at radius 3 is 2.35 bits per heavy atom. The molecule has 0 bridgehead atoms. The number of non-ortho nitro benzene ring substituents is 1. The normalized spacial score (nSPS) is 10.2. The number of nitrogens with zero attached hydrogens (tertiary/aromatic N) is 1. The zero-order chi connectivity index (χ0) is 14.7. The molecular formula is C14H11NO4S. The van der Waals surface area contributed by atoms with Crippen LogP contribution in [0.25, 0.3) is 0 Å². The quantitative estimate of drug-likeness (QED) is 0.684. The number of carbonyl (C=O) groups is 1. The molecule has 102 valence electrons. The van der Waals surface area contributed by atoms with Gasteiger partial charge in [0.05, 0.1) is 10.5 Å². The zero-order valence-corrected chi connectivity index (χ0v) is 11.4. The van der Waals surface area contributed by atoms with Crippen LogP contribution >= 0.6 is 11.8 Å². The molecular weight excluding hydrogens is 278 g/mol. The first-order valence-electron chi connectivity index (χ1n) is 5.73. The van der Waals surface area contributed by atoms with Crippen LogP contribution in [0, 0.1) is 17.0 Å². The molecule has 6 heteroatoms. The van der Waals surface area contributed by atoms with Gasteiger partial charge in [0.15, 0.2) is 0 Å². The first-order chi connectivity index (χ1) is 9.47. The summed E-state index contributed by atoms with van der Waals surface area (Å²) >= 11 is 1.44. The molecule has 0 heterocycles. The van der Waals surface area contributed by atoms with Gasteiger partial charge in [0.25, 0.3) is 5.69 Å². The maximum Gasteiger partial charge on any atom is 0.335 e. The van der Waals surface area contributed by atoms with Crippen molar-refractivity contribution >= 4 is 23.4 Å². The Hall–Kier alpha value is -2.34. The molecule has 0 radical (unpaired) electrons. The van der Waals surface area contributed by atoms with Crippen molar-refractivity contribution in [3.63, 3.8) is 0 Å². The van der Waals surface area contributed by atoms with Gasteiger partial charge in [0.1, 0.15) is 0 Å². The standard InChI is InChI=1S/C14H11NO4S/c1-9-8-11(15(18)19)4-7-13(9)20-12-5-2-10(3-6-12)14(16)17/h2-8H,1H3,(H,16,17). The summed E-state index contributed by atoms with van der Waals surface area (Å²) in [5.41, 5.74) is 1.11. The topological polar surface area (TPSA) is 80.4 Å². The summed E-state index contributed by atoms with van der Waals surface area (Å²) in [5.74, 6) is -0.965. The maximum atomic E-state index is 10.8. The minimum Gasteiger partial charge on any atom is -0.478 e. The maximum absolute atomic E-state index is 10.8. The predicted molar refractivity (Wildman–Crippen MR) is 75.4 cm³/mol. The van der Waals surface area contributed by atoms with Crippen LogP contribution in [0.2, 0.25) is 0 Å². The summed E-state index contributed by atoms with van der Waals surface area (Å²) in [7, 11) is 0. The number of nitro benzene ring substituents is 1. The van der Waals surface area contributed by atoms with Crippen LogP contribution in [0.5, 0.6) is 0 Å². The number of benzene rings is 2. The van der Waals surface area contributed by atoms with E-state index in [1.54, 1.807) is 25.1 Å². The number of aromatic carboxylic acids is 1. The van der Waals surface area contributed by atoms with E-state index in [0.717, 1.165) is 15.4 Å². The average Bonchev–Trinajstić information content (AvgIpc) is 2.41. The molecule has 0 unspecified atom stereocenters.